The fourth-order valence-corrected chi connectivity index (χ4v) is 5.20. The third kappa shape index (κ3) is 4.04. The first kappa shape index (κ1) is 19.9. The highest BCUT2D eigenvalue weighted by atomic mass is 32.2. The fraction of sp³-hybridized carbons (Fsp3) is 0.444. The Bertz CT molecular complexity index is 920. The van der Waals surface area contributed by atoms with Gasteiger partial charge in [0.15, 0.2) is 5.03 Å². The third-order valence-corrected chi connectivity index (χ3v) is 7.34. The van der Waals surface area contributed by atoms with E-state index in [0.717, 1.165) is 4.90 Å². The Hall–Kier alpha value is -1.84. The molecule has 9 heteroatoms. The van der Waals surface area contributed by atoms with E-state index in [1.54, 1.807) is 23.4 Å². The van der Waals surface area contributed by atoms with Gasteiger partial charge in [-0.15, -0.1) is 11.8 Å². The monoisotopic (exact) mass is 408 g/mol. The second-order valence-electron chi connectivity index (χ2n) is 6.49. The quantitative estimate of drug-likeness (QED) is 0.723. The number of sulfonamides is 1. The maximum Gasteiger partial charge on any atom is 0.262 e. The minimum atomic E-state index is -3.65. The lowest BCUT2D eigenvalue weighted by Gasteiger charge is -2.22. The van der Waals surface area contributed by atoms with E-state index in [1.165, 1.54) is 22.3 Å². The number of imidazole rings is 1. The van der Waals surface area contributed by atoms with Crippen molar-refractivity contribution < 1.29 is 13.2 Å². The fourth-order valence-electron chi connectivity index (χ4n) is 3.11. The molecule has 0 saturated carbocycles. The lowest BCUT2D eigenvalue weighted by Crippen LogP contribution is -2.37. The molecule has 7 nitrogen and oxygen atoms in total. The van der Waals surface area contributed by atoms with Gasteiger partial charge in [0.05, 0.1) is 5.56 Å². The first-order valence-electron chi connectivity index (χ1n) is 8.77. The highest BCUT2D eigenvalue weighted by molar-refractivity contribution is 7.98. The number of aromatic nitrogens is 2. The van der Waals surface area contributed by atoms with Crippen LogP contribution >= 0.6 is 11.8 Å². The van der Waals surface area contributed by atoms with E-state index >= 15 is 0 Å². The number of benzene rings is 1. The molecule has 1 saturated heterocycles. The Labute approximate surface area is 164 Å². The Morgan fingerprint density at radius 1 is 1.15 bits per heavy atom. The van der Waals surface area contributed by atoms with Crippen LogP contribution in [0.4, 0.5) is 0 Å². The van der Waals surface area contributed by atoms with Crippen LogP contribution in [0.5, 0.6) is 0 Å². The van der Waals surface area contributed by atoms with E-state index in [2.05, 4.69) is 4.98 Å². The Morgan fingerprint density at radius 2 is 1.89 bits per heavy atom. The number of hydrogen-bond donors (Lipinski definition) is 0. The van der Waals surface area contributed by atoms with Gasteiger partial charge in [0.25, 0.3) is 15.9 Å². The van der Waals surface area contributed by atoms with Crippen molar-refractivity contribution in [1.82, 2.24) is 18.8 Å². The van der Waals surface area contributed by atoms with Gasteiger partial charge in [0.2, 0.25) is 0 Å². The molecule has 2 aromatic rings. The lowest BCUT2D eigenvalue weighted by atomic mass is 10.2. The third-order valence-electron chi connectivity index (χ3n) is 4.77. The molecule has 0 bridgehead atoms. The van der Waals surface area contributed by atoms with Gasteiger partial charge in [0.1, 0.15) is 5.82 Å². The van der Waals surface area contributed by atoms with E-state index in [0.29, 0.717) is 37.4 Å². The standard InChI is InChI=1S/C18H24N4O3S2/c1-14-19-17(13-20(14)2)27(24,25)22-10-6-9-21(11-12-22)18(23)15-7-4-5-8-16(15)26-3/h4-5,7-8,13H,6,9-12H2,1-3H3. The van der Waals surface area contributed by atoms with E-state index in [1.807, 2.05) is 30.5 Å². The molecule has 1 fully saturated rings. The van der Waals surface area contributed by atoms with Crippen molar-refractivity contribution >= 4 is 27.7 Å². The molecule has 0 spiro atoms. The molecule has 0 aliphatic carbocycles. The molecule has 0 atom stereocenters. The molecule has 27 heavy (non-hydrogen) atoms. The van der Waals surface area contributed by atoms with Gasteiger partial charge in [-0.1, -0.05) is 12.1 Å². The van der Waals surface area contributed by atoms with Crippen LogP contribution in [-0.2, 0) is 17.1 Å². The SMILES string of the molecule is CSc1ccccc1C(=O)N1CCCN(S(=O)(=O)c2cn(C)c(C)n2)CC1. The number of amides is 1. The zero-order valence-electron chi connectivity index (χ0n) is 15.8. The maximum absolute atomic E-state index is 12.9. The van der Waals surface area contributed by atoms with Crippen molar-refractivity contribution in [3.05, 3.63) is 41.9 Å². The van der Waals surface area contributed by atoms with Crippen molar-refractivity contribution in [3.63, 3.8) is 0 Å². The van der Waals surface area contributed by atoms with Crippen LogP contribution in [0.3, 0.4) is 0 Å². The predicted octanol–water partition coefficient (Wildman–Crippen LogP) is 1.99. The Morgan fingerprint density at radius 3 is 2.56 bits per heavy atom. The van der Waals surface area contributed by atoms with Crippen LogP contribution in [0.1, 0.15) is 22.6 Å². The van der Waals surface area contributed by atoms with E-state index in [-0.39, 0.29) is 17.5 Å². The summed E-state index contributed by atoms with van der Waals surface area (Å²) in [6, 6.07) is 7.51. The molecule has 1 aromatic heterocycles. The molecule has 0 radical (unpaired) electrons. The minimum absolute atomic E-state index is 0.0483. The summed E-state index contributed by atoms with van der Waals surface area (Å²) in [6.45, 7) is 3.32. The number of thioether (sulfide) groups is 1. The molecule has 1 aliphatic rings. The lowest BCUT2D eigenvalue weighted by molar-refractivity contribution is 0.0761. The Balaban J connectivity index is 1.76. The minimum Gasteiger partial charge on any atom is -0.337 e. The van der Waals surface area contributed by atoms with Crippen LogP contribution in [0, 0.1) is 6.92 Å². The van der Waals surface area contributed by atoms with E-state index in [9.17, 15) is 13.2 Å². The second kappa shape index (κ2) is 8.04. The van der Waals surface area contributed by atoms with Gasteiger partial charge < -0.3 is 9.47 Å². The number of carbonyl (C=O) groups is 1. The molecule has 146 valence electrons. The molecule has 1 aliphatic heterocycles. The molecule has 3 rings (SSSR count). The highest BCUT2D eigenvalue weighted by Gasteiger charge is 2.30. The van der Waals surface area contributed by atoms with Gasteiger partial charge in [0, 0.05) is 44.3 Å². The largest absolute Gasteiger partial charge is 0.337 e. The van der Waals surface area contributed by atoms with Crippen molar-refractivity contribution in [1.29, 1.82) is 0 Å². The normalized spacial score (nSPS) is 16.3. The summed E-state index contributed by atoms with van der Waals surface area (Å²) in [5.74, 6) is 0.599. The summed E-state index contributed by atoms with van der Waals surface area (Å²) in [5.41, 5.74) is 0.668. The summed E-state index contributed by atoms with van der Waals surface area (Å²) in [6.07, 6.45) is 4.07. The zero-order valence-corrected chi connectivity index (χ0v) is 17.4. The van der Waals surface area contributed by atoms with Crippen LogP contribution in [0.15, 0.2) is 40.4 Å². The van der Waals surface area contributed by atoms with Gasteiger partial charge in [-0.2, -0.15) is 4.31 Å². The smallest absolute Gasteiger partial charge is 0.262 e. The van der Waals surface area contributed by atoms with Crippen LogP contribution in [0.2, 0.25) is 0 Å². The average Bonchev–Trinajstić information content (AvgIpc) is 2.87. The number of aryl methyl sites for hydroxylation is 2. The summed E-state index contributed by atoms with van der Waals surface area (Å²) >= 11 is 1.53. The first-order valence-corrected chi connectivity index (χ1v) is 11.4. The molecule has 2 heterocycles. The number of rotatable bonds is 4. The van der Waals surface area contributed by atoms with Crippen LogP contribution in [-0.4, -0.2) is 65.5 Å². The molecule has 1 aromatic carbocycles. The topological polar surface area (TPSA) is 75.5 Å². The predicted molar refractivity (Wildman–Crippen MR) is 105 cm³/mol. The summed E-state index contributed by atoms with van der Waals surface area (Å²) in [5, 5.41) is 0.0648. The number of hydrogen-bond acceptors (Lipinski definition) is 5. The number of nitrogens with zero attached hydrogens (tertiary/aromatic N) is 4. The van der Waals surface area contributed by atoms with Crippen LogP contribution in [0.25, 0.3) is 0 Å². The van der Waals surface area contributed by atoms with Crippen molar-refractivity contribution in [2.75, 3.05) is 32.4 Å². The molecule has 0 unspecified atom stereocenters. The maximum atomic E-state index is 12.9. The summed E-state index contributed by atoms with van der Waals surface area (Å²) in [7, 11) is -1.88. The van der Waals surface area contributed by atoms with Gasteiger partial charge in [-0.05, 0) is 31.7 Å². The van der Waals surface area contributed by atoms with Crippen molar-refractivity contribution in [2.45, 2.75) is 23.3 Å². The molecular weight excluding hydrogens is 384 g/mol. The zero-order chi connectivity index (χ0) is 19.6. The molecule has 0 N–H and O–H groups in total. The molecule has 1 amide bonds. The first-order chi connectivity index (χ1) is 12.8. The average molecular weight is 409 g/mol. The van der Waals surface area contributed by atoms with Crippen molar-refractivity contribution in [3.8, 4) is 0 Å². The van der Waals surface area contributed by atoms with E-state index in [4.69, 9.17) is 0 Å². The van der Waals surface area contributed by atoms with Crippen LogP contribution < -0.4 is 0 Å². The van der Waals surface area contributed by atoms with Gasteiger partial charge in [-0.25, -0.2) is 13.4 Å². The van der Waals surface area contributed by atoms with Gasteiger partial charge in [-0.3, -0.25) is 4.79 Å². The molecular formula is C18H24N4O3S2. The van der Waals surface area contributed by atoms with Gasteiger partial charge >= 0.3 is 0 Å². The summed E-state index contributed by atoms with van der Waals surface area (Å²) < 4.78 is 28.9. The Kier molecular flexibility index (Phi) is 5.92. The second-order valence-corrected chi connectivity index (χ2v) is 9.22. The summed E-state index contributed by atoms with van der Waals surface area (Å²) in [4.78, 5) is 19.8. The number of carbonyl (C=O) groups excluding carboxylic acids is 1. The van der Waals surface area contributed by atoms with Crippen molar-refractivity contribution in [2.24, 2.45) is 7.05 Å². The van der Waals surface area contributed by atoms with E-state index < -0.39 is 10.0 Å². The highest BCUT2D eigenvalue weighted by Crippen LogP contribution is 2.23.